The number of halogens is 1. The number of nitrogens with zero attached hydrogens (tertiary/aromatic N) is 2. The lowest BCUT2D eigenvalue weighted by Gasteiger charge is -2.08. The highest BCUT2D eigenvalue weighted by atomic mass is 19.1. The molecular formula is C17H15FN2O. The van der Waals surface area contributed by atoms with Crippen LogP contribution in [0.15, 0.2) is 60.9 Å². The minimum Gasteiger partial charge on any atom is -0.489 e. The van der Waals surface area contributed by atoms with Crippen LogP contribution in [-0.2, 0) is 13.7 Å². The van der Waals surface area contributed by atoms with Gasteiger partial charge in [-0.3, -0.25) is 4.68 Å². The second kappa shape index (κ2) is 5.79. The molecule has 0 aliphatic carbocycles. The monoisotopic (exact) mass is 282 g/mol. The Morgan fingerprint density at radius 3 is 2.62 bits per heavy atom. The molecule has 0 saturated carbocycles. The second-order valence-electron chi connectivity index (χ2n) is 4.82. The van der Waals surface area contributed by atoms with E-state index in [0.29, 0.717) is 17.9 Å². The number of hydrogen-bond acceptors (Lipinski definition) is 2. The van der Waals surface area contributed by atoms with Gasteiger partial charge in [-0.2, -0.15) is 5.10 Å². The van der Waals surface area contributed by atoms with Crippen LogP contribution in [0.4, 0.5) is 4.39 Å². The normalized spacial score (nSPS) is 10.6. The molecule has 0 unspecified atom stereocenters. The minimum absolute atomic E-state index is 0.312. The van der Waals surface area contributed by atoms with Crippen molar-refractivity contribution in [2.24, 2.45) is 7.05 Å². The number of rotatable bonds is 4. The molecule has 0 saturated heterocycles. The van der Waals surface area contributed by atoms with Gasteiger partial charge in [-0.25, -0.2) is 4.39 Å². The van der Waals surface area contributed by atoms with Crippen LogP contribution < -0.4 is 4.74 Å². The highest BCUT2D eigenvalue weighted by molar-refractivity contribution is 5.63. The van der Waals surface area contributed by atoms with E-state index in [1.165, 1.54) is 6.07 Å². The third-order valence-corrected chi connectivity index (χ3v) is 3.20. The van der Waals surface area contributed by atoms with Crippen molar-refractivity contribution >= 4 is 0 Å². The zero-order valence-corrected chi connectivity index (χ0v) is 11.7. The predicted molar refractivity (Wildman–Crippen MR) is 79.4 cm³/mol. The molecule has 0 aliphatic heterocycles. The zero-order valence-electron chi connectivity index (χ0n) is 11.7. The van der Waals surface area contributed by atoms with Gasteiger partial charge in [-0.15, -0.1) is 0 Å². The van der Waals surface area contributed by atoms with Crippen molar-refractivity contribution in [3.63, 3.8) is 0 Å². The van der Waals surface area contributed by atoms with Gasteiger partial charge in [-0.1, -0.05) is 30.3 Å². The second-order valence-corrected chi connectivity index (χ2v) is 4.82. The van der Waals surface area contributed by atoms with Crippen LogP contribution >= 0.6 is 0 Å². The Balaban J connectivity index is 1.75. The Morgan fingerprint density at radius 1 is 1.14 bits per heavy atom. The van der Waals surface area contributed by atoms with Crippen LogP contribution in [0.2, 0.25) is 0 Å². The predicted octanol–water partition coefficient (Wildman–Crippen LogP) is 3.81. The van der Waals surface area contributed by atoms with E-state index in [4.69, 9.17) is 4.74 Å². The summed E-state index contributed by atoms with van der Waals surface area (Å²) in [4.78, 5) is 0. The lowest BCUT2D eigenvalue weighted by Crippen LogP contribution is -1.96. The van der Waals surface area contributed by atoms with Gasteiger partial charge in [0.1, 0.15) is 18.2 Å². The van der Waals surface area contributed by atoms with Crippen LogP contribution in [0, 0.1) is 5.82 Å². The molecule has 0 bridgehead atoms. The lowest BCUT2D eigenvalue weighted by atomic mass is 10.1. The van der Waals surface area contributed by atoms with Crippen molar-refractivity contribution in [1.29, 1.82) is 0 Å². The van der Waals surface area contributed by atoms with Crippen LogP contribution in [-0.4, -0.2) is 9.78 Å². The summed E-state index contributed by atoms with van der Waals surface area (Å²) in [5.74, 6) is 0.206. The lowest BCUT2D eigenvalue weighted by molar-refractivity contribution is 0.304. The first-order valence-electron chi connectivity index (χ1n) is 6.68. The SMILES string of the molecule is Cn1cc(-c2ccc(OCc3ccccc3)cc2F)cn1. The van der Waals surface area contributed by atoms with Crippen LogP contribution in [0.1, 0.15) is 5.56 Å². The van der Waals surface area contributed by atoms with E-state index in [9.17, 15) is 4.39 Å². The van der Waals surface area contributed by atoms with E-state index in [2.05, 4.69) is 5.10 Å². The molecule has 0 fully saturated rings. The summed E-state index contributed by atoms with van der Waals surface area (Å²) in [6, 6.07) is 14.7. The summed E-state index contributed by atoms with van der Waals surface area (Å²) in [5, 5.41) is 4.05. The molecule has 0 N–H and O–H groups in total. The van der Waals surface area contributed by atoms with Crippen molar-refractivity contribution in [3.8, 4) is 16.9 Å². The van der Waals surface area contributed by atoms with Gasteiger partial charge >= 0.3 is 0 Å². The minimum atomic E-state index is -0.312. The largest absolute Gasteiger partial charge is 0.489 e. The average Bonchev–Trinajstić information content (AvgIpc) is 2.92. The first-order valence-corrected chi connectivity index (χ1v) is 6.68. The molecular weight excluding hydrogens is 267 g/mol. The first-order chi connectivity index (χ1) is 10.2. The maximum absolute atomic E-state index is 14.2. The molecule has 0 aliphatic rings. The maximum Gasteiger partial charge on any atom is 0.134 e. The molecule has 4 heteroatoms. The van der Waals surface area contributed by atoms with E-state index in [-0.39, 0.29) is 5.82 Å². The van der Waals surface area contributed by atoms with E-state index >= 15 is 0 Å². The third-order valence-electron chi connectivity index (χ3n) is 3.20. The summed E-state index contributed by atoms with van der Waals surface area (Å²) >= 11 is 0. The van der Waals surface area contributed by atoms with Crippen molar-refractivity contribution in [2.45, 2.75) is 6.61 Å². The van der Waals surface area contributed by atoms with Crippen LogP contribution in [0.25, 0.3) is 11.1 Å². The molecule has 3 nitrogen and oxygen atoms in total. The highest BCUT2D eigenvalue weighted by Gasteiger charge is 2.08. The Morgan fingerprint density at radius 2 is 1.95 bits per heavy atom. The Labute approximate surface area is 122 Å². The molecule has 1 aromatic heterocycles. The van der Waals surface area contributed by atoms with Crippen molar-refractivity contribution in [1.82, 2.24) is 9.78 Å². The Hall–Kier alpha value is -2.62. The van der Waals surface area contributed by atoms with Crippen LogP contribution in [0.5, 0.6) is 5.75 Å². The number of aryl methyl sites for hydroxylation is 1. The first kappa shape index (κ1) is 13.4. The van der Waals surface area contributed by atoms with Gasteiger partial charge < -0.3 is 4.74 Å². The van der Waals surface area contributed by atoms with Crippen molar-refractivity contribution in [2.75, 3.05) is 0 Å². The van der Waals surface area contributed by atoms with Crippen molar-refractivity contribution < 1.29 is 9.13 Å². The van der Waals surface area contributed by atoms with E-state index in [0.717, 1.165) is 11.1 Å². The summed E-state index contributed by atoms with van der Waals surface area (Å²) < 4.78 is 21.4. The maximum atomic E-state index is 14.2. The third kappa shape index (κ3) is 3.11. The molecule has 2 aromatic carbocycles. The zero-order chi connectivity index (χ0) is 14.7. The fourth-order valence-corrected chi connectivity index (χ4v) is 2.12. The molecule has 106 valence electrons. The molecule has 3 rings (SSSR count). The molecule has 0 radical (unpaired) electrons. The standard InChI is InChI=1S/C17H15FN2O/c1-20-11-14(10-19-20)16-8-7-15(9-17(16)18)21-12-13-5-3-2-4-6-13/h2-11H,12H2,1H3. The van der Waals surface area contributed by atoms with Gasteiger partial charge in [0.05, 0.1) is 6.20 Å². The van der Waals surface area contributed by atoms with Gasteiger partial charge in [0.25, 0.3) is 0 Å². The summed E-state index contributed by atoms with van der Waals surface area (Å²) in [5.41, 5.74) is 2.33. The van der Waals surface area contributed by atoms with Crippen LogP contribution in [0.3, 0.4) is 0 Å². The molecule has 3 aromatic rings. The Kier molecular flexibility index (Phi) is 3.69. The number of aromatic nitrogens is 2. The molecule has 1 heterocycles. The molecule has 0 atom stereocenters. The van der Waals surface area contributed by atoms with Gasteiger partial charge in [0.15, 0.2) is 0 Å². The summed E-state index contributed by atoms with van der Waals surface area (Å²) in [6.07, 6.45) is 3.42. The van der Waals surface area contributed by atoms with Gasteiger partial charge in [0.2, 0.25) is 0 Å². The topological polar surface area (TPSA) is 27.1 Å². The fourth-order valence-electron chi connectivity index (χ4n) is 2.12. The van der Waals surface area contributed by atoms with Gasteiger partial charge in [0, 0.05) is 30.4 Å². The molecule has 0 spiro atoms. The van der Waals surface area contributed by atoms with Gasteiger partial charge in [-0.05, 0) is 17.7 Å². The highest BCUT2D eigenvalue weighted by Crippen LogP contribution is 2.26. The number of ether oxygens (including phenoxy) is 1. The van der Waals surface area contributed by atoms with Crippen molar-refractivity contribution in [3.05, 3.63) is 72.3 Å². The van der Waals surface area contributed by atoms with E-state index in [1.807, 2.05) is 30.3 Å². The summed E-state index contributed by atoms with van der Waals surface area (Å²) in [7, 11) is 1.80. The fraction of sp³-hybridized carbons (Fsp3) is 0.118. The summed E-state index contributed by atoms with van der Waals surface area (Å²) in [6.45, 7) is 0.423. The number of benzene rings is 2. The number of hydrogen-bond donors (Lipinski definition) is 0. The average molecular weight is 282 g/mol. The molecule has 21 heavy (non-hydrogen) atoms. The van der Waals surface area contributed by atoms with E-state index in [1.54, 1.807) is 36.3 Å². The van der Waals surface area contributed by atoms with E-state index < -0.39 is 0 Å². The quantitative estimate of drug-likeness (QED) is 0.727. The Bertz CT molecular complexity index is 738. The molecule has 0 amide bonds. The smallest absolute Gasteiger partial charge is 0.134 e.